The Kier molecular flexibility index (Phi) is 5.15. The first-order valence-corrected chi connectivity index (χ1v) is 7.43. The number of hydrogen-bond acceptors (Lipinski definition) is 4. The average Bonchev–Trinajstić information content (AvgIpc) is 3.12. The van der Waals surface area contributed by atoms with Gasteiger partial charge >= 0.3 is 5.97 Å². The zero-order valence-corrected chi connectivity index (χ0v) is 13.6. The van der Waals surface area contributed by atoms with Crippen LogP contribution in [0.1, 0.15) is 35.0 Å². The molecule has 0 unspecified atom stereocenters. The van der Waals surface area contributed by atoms with E-state index < -0.39 is 5.97 Å². The van der Waals surface area contributed by atoms with Gasteiger partial charge in [-0.05, 0) is 13.8 Å². The van der Waals surface area contributed by atoms with E-state index in [1.807, 2.05) is 24.7 Å². The van der Waals surface area contributed by atoms with Crippen molar-refractivity contribution in [1.82, 2.24) is 24.5 Å². The van der Waals surface area contributed by atoms with Crippen molar-refractivity contribution in [3.63, 3.8) is 0 Å². The Morgan fingerprint density at radius 2 is 2.04 bits per heavy atom. The molecule has 2 aromatic rings. The van der Waals surface area contributed by atoms with E-state index in [4.69, 9.17) is 5.11 Å². The van der Waals surface area contributed by atoms with Crippen molar-refractivity contribution in [2.75, 3.05) is 7.05 Å². The molecule has 1 N–H and O–H groups in total. The molecule has 0 fully saturated rings. The molecular formula is C15H21N5O3. The molecule has 0 aromatic carbocycles. The number of aromatic nitrogens is 4. The summed E-state index contributed by atoms with van der Waals surface area (Å²) in [7, 11) is 1.75. The second kappa shape index (κ2) is 7.08. The number of carbonyl (C=O) groups is 2. The standard InChI is InChI=1S/C15H21N5O3/c1-4-19-10-13(11(2)17-19)8-18(3)14(21)5-6-20-9-12(7-16-20)15(22)23/h7,9-10H,4-6,8H2,1-3H3,(H,22,23). The lowest BCUT2D eigenvalue weighted by Crippen LogP contribution is -2.27. The van der Waals surface area contributed by atoms with E-state index in [-0.39, 0.29) is 17.9 Å². The Balaban J connectivity index is 1.89. The minimum absolute atomic E-state index is 0.0268. The highest BCUT2D eigenvalue weighted by atomic mass is 16.4. The Hall–Kier alpha value is -2.64. The Labute approximate surface area is 134 Å². The van der Waals surface area contributed by atoms with Crippen molar-refractivity contribution in [2.45, 2.75) is 39.9 Å². The number of hydrogen-bond donors (Lipinski definition) is 1. The highest BCUT2D eigenvalue weighted by Gasteiger charge is 2.13. The lowest BCUT2D eigenvalue weighted by molar-refractivity contribution is -0.130. The third kappa shape index (κ3) is 4.18. The van der Waals surface area contributed by atoms with Crippen molar-refractivity contribution in [3.8, 4) is 0 Å². The largest absolute Gasteiger partial charge is 0.478 e. The van der Waals surface area contributed by atoms with E-state index in [1.165, 1.54) is 17.1 Å². The number of aryl methyl sites for hydroxylation is 3. The molecule has 8 heteroatoms. The Morgan fingerprint density at radius 3 is 2.61 bits per heavy atom. The van der Waals surface area contributed by atoms with Crippen molar-refractivity contribution in [3.05, 3.63) is 35.4 Å². The van der Waals surface area contributed by atoms with Crippen LogP contribution in [0.25, 0.3) is 0 Å². The Bertz CT molecular complexity index is 704. The maximum absolute atomic E-state index is 12.2. The van der Waals surface area contributed by atoms with E-state index in [2.05, 4.69) is 10.2 Å². The van der Waals surface area contributed by atoms with Crippen LogP contribution in [0.4, 0.5) is 0 Å². The number of rotatable bonds is 7. The molecule has 8 nitrogen and oxygen atoms in total. The molecule has 0 aliphatic rings. The molecule has 124 valence electrons. The normalized spacial score (nSPS) is 10.7. The van der Waals surface area contributed by atoms with Crippen molar-refractivity contribution >= 4 is 11.9 Å². The highest BCUT2D eigenvalue weighted by Crippen LogP contribution is 2.10. The number of carboxylic acids is 1. The van der Waals surface area contributed by atoms with Gasteiger partial charge in [-0.25, -0.2) is 4.79 Å². The molecule has 0 saturated carbocycles. The van der Waals surface area contributed by atoms with Gasteiger partial charge in [-0.2, -0.15) is 10.2 Å². The quantitative estimate of drug-likeness (QED) is 0.826. The van der Waals surface area contributed by atoms with Gasteiger partial charge in [0.15, 0.2) is 0 Å². The van der Waals surface area contributed by atoms with Crippen LogP contribution in [-0.2, 0) is 24.4 Å². The summed E-state index contributed by atoms with van der Waals surface area (Å²) in [5.74, 6) is -1.05. The van der Waals surface area contributed by atoms with E-state index in [0.717, 1.165) is 17.8 Å². The minimum atomic E-state index is -1.02. The van der Waals surface area contributed by atoms with Gasteiger partial charge in [-0.15, -0.1) is 0 Å². The molecule has 2 aromatic heterocycles. The number of carbonyl (C=O) groups excluding carboxylic acids is 1. The lowest BCUT2D eigenvalue weighted by atomic mass is 10.2. The first-order valence-electron chi connectivity index (χ1n) is 7.43. The van der Waals surface area contributed by atoms with E-state index >= 15 is 0 Å². The van der Waals surface area contributed by atoms with Crippen LogP contribution in [0.15, 0.2) is 18.6 Å². The number of aromatic carboxylic acids is 1. The topological polar surface area (TPSA) is 93.2 Å². The van der Waals surface area contributed by atoms with Crippen LogP contribution in [0.2, 0.25) is 0 Å². The van der Waals surface area contributed by atoms with Crippen LogP contribution in [-0.4, -0.2) is 48.5 Å². The van der Waals surface area contributed by atoms with Gasteiger partial charge in [0, 0.05) is 51.1 Å². The molecule has 0 spiro atoms. The number of nitrogens with zero attached hydrogens (tertiary/aromatic N) is 5. The lowest BCUT2D eigenvalue weighted by Gasteiger charge is -2.16. The van der Waals surface area contributed by atoms with Crippen LogP contribution >= 0.6 is 0 Å². The molecule has 0 radical (unpaired) electrons. The van der Waals surface area contributed by atoms with Gasteiger partial charge in [0.1, 0.15) is 0 Å². The monoisotopic (exact) mass is 319 g/mol. The number of amides is 1. The molecule has 2 rings (SSSR count). The molecule has 0 atom stereocenters. The van der Waals surface area contributed by atoms with Gasteiger partial charge in [0.2, 0.25) is 5.91 Å². The summed E-state index contributed by atoms with van der Waals surface area (Å²) >= 11 is 0. The van der Waals surface area contributed by atoms with Crippen LogP contribution in [0, 0.1) is 6.92 Å². The fraction of sp³-hybridized carbons (Fsp3) is 0.467. The first kappa shape index (κ1) is 16.7. The minimum Gasteiger partial charge on any atom is -0.478 e. The summed E-state index contributed by atoms with van der Waals surface area (Å²) in [4.78, 5) is 24.6. The molecule has 0 aliphatic heterocycles. The maximum atomic E-state index is 12.2. The average molecular weight is 319 g/mol. The second-order valence-electron chi connectivity index (χ2n) is 5.39. The summed E-state index contributed by atoms with van der Waals surface area (Å²) in [6.45, 7) is 5.59. The van der Waals surface area contributed by atoms with Crippen LogP contribution in [0.5, 0.6) is 0 Å². The summed E-state index contributed by atoms with van der Waals surface area (Å²) in [5, 5.41) is 17.1. The van der Waals surface area contributed by atoms with Gasteiger partial charge < -0.3 is 10.0 Å². The molecule has 1 amide bonds. The fourth-order valence-electron chi connectivity index (χ4n) is 2.22. The van der Waals surface area contributed by atoms with E-state index in [9.17, 15) is 9.59 Å². The summed E-state index contributed by atoms with van der Waals surface area (Å²) in [5.41, 5.74) is 2.06. The molecule has 2 heterocycles. The van der Waals surface area contributed by atoms with Gasteiger partial charge in [-0.1, -0.05) is 0 Å². The smallest absolute Gasteiger partial charge is 0.338 e. The second-order valence-corrected chi connectivity index (χ2v) is 5.39. The van der Waals surface area contributed by atoms with Gasteiger partial charge in [0.05, 0.1) is 17.5 Å². The summed E-state index contributed by atoms with van der Waals surface area (Å²) in [6, 6.07) is 0. The number of carboxylic acid groups (broad SMARTS) is 1. The maximum Gasteiger partial charge on any atom is 0.338 e. The predicted octanol–water partition coefficient (Wildman–Crippen LogP) is 1.15. The molecule has 0 aliphatic carbocycles. The molecular weight excluding hydrogens is 298 g/mol. The van der Waals surface area contributed by atoms with Gasteiger partial charge in [-0.3, -0.25) is 14.2 Å². The molecule has 23 heavy (non-hydrogen) atoms. The first-order chi connectivity index (χ1) is 10.9. The predicted molar refractivity (Wildman–Crippen MR) is 82.9 cm³/mol. The summed E-state index contributed by atoms with van der Waals surface area (Å²) < 4.78 is 3.32. The molecule has 0 saturated heterocycles. The Morgan fingerprint density at radius 1 is 1.30 bits per heavy atom. The van der Waals surface area contributed by atoms with Crippen molar-refractivity contribution in [1.29, 1.82) is 0 Å². The third-order valence-electron chi connectivity index (χ3n) is 3.64. The third-order valence-corrected chi connectivity index (χ3v) is 3.64. The SMILES string of the molecule is CCn1cc(CN(C)C(=O)CCn2cc(C(=O)O)cn2)c(C)n1. The van der Waals surface area contributed by atoms with Crippen LogP contribution < -0.4 is 0 Å². The molecule has 0 bridgehead atoms. The van der Waals surface area contributed by atoms with E-state index in [1.54, 1.807) is 11.9 Å². The highest BCUT2D eigenvalue weighted by molar-refractivity contribution is 5.86. The summed E-state index contributed by atoms with van der Waals surface area (Å²) in [6.07, 6.45) is 4.91. The van der Waals surface area contributed by atoms with Crippen molar-refractivity contribution in [2.24, 2.45) is 0 Å². The van der Waals surface area contributed by atoms with Crippen LogP contribution in [0.3, 0.4) is 0 Å². The van der Waals surface area contributed by atoms with Crippen molar-refractivity contribution < 1.29 is 14.7 Å². The zero-order chi connectivity index (χ0) is 17.0. The van der Waals surface area contributed by atoms with Gasteiger partial charge in [0.25, 0.3) is 0 Å². The van der Waals surface area contributed by atoms with E-state index in [0.29, 0.717) is 13.1 Å². The fourth-order valence-corrected chi connectivity index (χ4v) is 2.22. The zero-order valence-electron chi connectivity index (χ0n) is 13.6.